The lowest BCUT2D eigenvalue weighted by molar-refractivity contribution is -0.141. The van der Waals surface area contributed by atoms with Crippen LogP contribution in [-0.2, 0) is 19.2 Å². The Morgan fingerprint density at radius 1 is 1.44 bits per heavy atom. The summed E-state index contributed by atoms with van der Waals surface area (Å²) in [5.41, 5.74) is 5.00. The summed E-state index contributed by atoms with van der Waals surface area (Å²) in [4.78, 5) is 39.8. The van der Waals surface area contributed by atoms with Crippen molar-refractivity contribution in [1.82, 2.24) is 4.90 Å². The zero-order valence-electron chi connectivity index (χ0n) is 9.54. The summed E-state index contributed by atoms with van der Waals surface area (Å²) in [5.74, 6) is -2.31. The Kier molecular flexibility index (Phi) is 3.17. The van der Waals surface area contributed by atoms with Crippen molar-refractivity contribution in [2.75, 3.05) is 13.1 Å². The highest BCUT2D eigenvalue weighted by Crippen LogP contribution is 2.20. The van der Waals surface area contributed by atoms with Gasteiger partial charge in [0, 0.05) is 19.5 Å². The van der Waals surface area contributed by atoms with E-state index in [1.54, 1.807) is 0 Å². The first kappa shape index (κ1) is 12.3. The number of nitrogens with two attached hydrogens (primary N) is 1. The van der Waals surface area contributed by atoms with Crippen LogP contribution in [0.1, 0.15) is 12.8 Å². The van der Waals surface area contributed by atoms with Gasteiger partial charge in [-0.05, 0) is 6.42 Å². The third kappa shape index (κ3) is 2.27. The molecule has 2 unspecified atom stereocenters. The summed E-state index contributed by atoms with van der Waals surface area (Å²) in [6.07, 6.45) is -0.422. The molecular weight excluding hydrogens is 242 g/mol. The molecule has 8 heteroatoms. The molecule has 2 heterocycles. The molecule has 0 spiro atoms. The van der Waals surface area contributed by atoms with E-state index in [0.717, 1.165) is 0 Å². The fourth-order valence-corrected chi connectivity index (χ4v) is 2.03. The van der Waals surface area contributed by atoms with Crippen LogP contribution in [0.25, 0.3) is 0 Å². The van der Waals surface area contributed by atoms with Crippen LogP contribution in [0.3, 0.4) is 0 Å². The number of rotatable bonds is 3. The first-order chi connectivity index (χ1) is 8.49. The molecule has 2 aliphatic rings. The van der Waals surface area contributed by atoms with Crippen LogP contribution in [0.15, 0.2) is 5.16 Å². The molecule has 0 aromatic carbocycles. The summed E-state index contributed by atoms with van der Waals surface area (Å²) < 4.78 is 0. The topological polar surface area (TPSA) is 122 Å². The molecule has 0 aromatic heterocycles. The molecule has 0 aromatic rings. The van der Waals surface area contributed by atoms with Crippen LogP contribution in [0.4, 0.5) is 0 Å². The standard InChI is InChI=1S/C10H13N3O5/c11-8(14)5-1-2-13(4-5)9(15)7-3-6(10(16)17)12-18-7/h5,7H,1-4H2,(H2,11,14)(H,16,17). The highest BCUT2D eigenvalue weighted by molar-refractivity contribution is 6.36. The molecule has 0 aliphatic carbocycles. The van der Waals surface area contributed by atoms with Crippen LogP contribution >= 0.6 is 0 Å². The van der Waals surface area contributed by atoms with E-state index in [9.17, 15) is 14.4 Å². The highest BCUT2D eigenvalue weighted by atomic mass is 16.6. The molecule has 2 amide bonds. The molecule has 18 heavy (non-hydrogen) atoms. The Labute approximate surface area is 102 Å². The van der Waals surface area contributed by atoms with Gasteiger partial charge in [0.1, 0.15) is 0 Å². The number of amides is 2. The normalized spacial score (nSPS) is 26.7. The monoisotopic (exact) mass is 255 g/mol. The van der Waals surface area contributed by atoms with E-state index in [1.165, 1.54) is 4.90 Å². The number of carbonyl (C=O) groups excluding carboxylic acids is 2. The van der Waals surface area contributed by atoms with Crippen LogP contribution < -0.4 is 5.73 Å². The molecule has 2 rings (SSSR count). The van der Waals surface area contributed by atoms with Gasteiger partial charge in [-0.2, -0.15) is 0 Å². The molecule has 1 fully saturated rings. The summed E-state index contributed by atoms with van der Waals surface area (Å²) in [5, 5.41) is 12.0. The molecule has 0 saturated carbocycles. The van der Waals surface area contributed by atoms with Gasteiger partial charge in [-0.15, -0.1) is 0 Å². The second-order valence-corrected chi connectivity index (χ2v) is 4.31. The fourth-order valence-electron chi connectivity index (χ4n) is 2.03. The van der Waals surface area contributed by atoms with Crippen molar-refractivity contribution in [3.8, 4) is 0 Å². The lowest BCUT2D eigenvalue weighted by Crippen LogP contribution is -2.39. The Balaban J connectivity index is 1.91. The van der Waals surface area contributed by atoms with Gasteiger partial charge in [0.25, 0.3) is 5.91 Å². The molecule has 0 radical (unpaired) electrons. The Morgan fingerprint density at radius 3 is 2.67 bits per heavy atom. The number of carboxylic acids is 1. The Bertz CT molecular complexity index is 429. The van der Waals surface area contributed by atoms with Crippen LogP contribution in [-0.4, -0.2) is 52.7 Å². The third-order valence-electron chi connectivity index (χ3n) is 3.09. The first-order valence-corrected chi connectivity index (χ1v) is 5.53. The number of carbonyl (C=O) groups is 3. The minimum absolute atomic E-state index is 0.0497. The largest absolute Gasteiger partial charge is 0.477 e. The number of hydrogen-bond acceptors (Lipinski definition) is 5. The number of aliphatic carboxylic acids is 1. The minimum Gasteiger partial charge on any atom is -0.477 e. The van der Waals surface area contributed by atoms with Gasteiger partial charge in [0.2, 0.25) is 12.0 Å². The van der Waals surface area contributed by atoms with Crippen molar-refractivity contribution in [3.05, 3.63) is 0 Å². The maximum absolute atomic E-state index is 12.0. The van der Waals surface area contributed by atoms with Crippen molar-refractivity contribution < 1.29 is 24.3 Å². The zero-order chi connectivity index (χ0) is 13.3. The second kappa shape index (κ2) is 4.63. The maximum Gasteiger partial charge on any atom is 0.353 e. The fraction of sp³-hybridized carbons (Fsp3) is 0.600. The number of hydrogen-bond donors (Lipinski definition) is 2. The van der Waals surface area contributed by atoms with Gasteiger partial charge in [-0.1, -0.05) is 5.16 Å². The van der Waals surface area contributed by atoms with Gasteiger partial charge < -0.3 is 20.6 Å². The molecular formula is C10H13N3O5. The van der Waals surface area contributed by atoms with Crippen molar-refractivity contribution in [2.24, 2.45) is 16.8 Å². The molecule has 1 saturated heterocycles. The summed E-state index contributed by atoms with van der Waals surface area (Å²) in [6, 6.07) is 0. The Hall–Kier alpha value is -2.12. The minimum atomic E-state index is -1.19. The van der Waals surface area contributed by atoms with Crippen molar-refractivity contribution in [1.29, 1.82) is 0 Å². The van der Waals surface area contributed by atoms with Gasteiger partial charge >= 0.3 is 5.97 Å². The molecule has 0 bridgehead atoms. The number of oxime groups is 1. The lowest BCUT2D eigenvalue weighted by Gasteiger charge is -2.18. The number of nitrogens with zero attached hydrogens (tertiary/aromatic N) is 2. The van der Waals surface area contributed by atoms with Crippen LogP contribution in [0.2, 0.25) is 0 Å². The zero-order valence-corrected chi connectivity index (χ0v) is 9.54. The summed E-state index contributed by atoms with van der Waals surface area (Å²) in [7, 11) is 0. The quantitative estimate of drug-likeness (QED) is 0.638. The maximum atomic E-state index is 12.0. The molecule has 2 atom stereocenters. The van der Waals surface area contributed by atoms with E-state index in [4.69, 9.17) is 15.7 Å². The molecule has 98 valence electrons. The summed E-state index contributed by atoms with van der Waals surface area (Å²) >= 11 is 0. The number of likely N-dealkylation sites (tertiary alicyclic amines) is 1. The van der Waals surface area contributed by atoms with E-state index in [-0.39, 0.29) is 30.5 Å². The Morgan fingerprint density at radius 2 is 2.17 bits per heavy atom. The summed E-state index contributed by atoms with van der Waals surface area (Å²) in [6.45, 7) is 0.686. The molecule has 2 aliphatic heterocycles. The van der Waals surface area contributed by atoms with E-state index in [2.05, 4.69) is 5.16 Å². The van der Waals surface area contributed by atoms with Crippen LogP contribution in [0.5, 0.6) is 0 Å². The van der Waals surface area contributed by atoms with Gasteiger partial charge in [-0.25, -0.2) is 4.79 Å². The predicted octanol–water partition coefficient (Wildman–Crippen LogP) is -1.45. The number of primary amides is 1. The van der Waals surface area contributed by atoms with E-state index >= 15 is 0 Å². The average molecular weight is 255 g/mol. The van der Waals surface area contributed by atoms with Crippen LogP contribution in [0, 0.1) is 5.92 Å². The predicted molar refractivity (Wildman–Crippen MR) is 58.4 cm³/mol. The van der Waals surface area contributed by atoms with Crippen molar-refractivity contribution in [2.45, 2.75) is 18.9 Å². The second-order valence-electron chi connectivity index (χ2n) is 4.31. The van der Waals surface area contributed by atoms with Gasteiger partial charge in [0.05, 0.1) is 5.92 Å². The van der Waals surface area contributed by atoms with E-state index < -0.39 is 18.0 Å². The highest BCUT2D eigenvalue weighted by Gasteiger charge is 2.38. The van der Waals surface area contributed by atoms with Gasteiger partial charge in [0.15, 0.2) is 5.71 Å². The average Bonchev–Trinajstić information content (AvgIpc) is 2.97. The van der Waals surface area contributed by atoms with Crippen molar-refractivity contribution in [3.63, 3.8) is 0 Å². The third-order valence-corrected chi connectivity index (χ3v) is 3.09. The smallest absolute Gasteiger partial charge is 0.353 e. The lowest BCUT2D eigenvalue weighted by atomic mass is 10.1. The molecule has 8 nitrogen and oxygen atoms in total. The SMILES string of the molecule is NC(=O)C1CCN(C(=O)C2CC(C(=O)O)=NO2)C1. The van der Waals surface area contributed by atoms with E-state index in [0.29, 0.717) is 13.0 Å². The van der Waals surface area contributed by atoms with Crippen molar-refractivity contribution >= 4 is 23.5 Å². The van der Waals surface area contributed by atoms with Gasteiger partial charge in [-0.3, -0.25) is 9.59 Å². The van der Waals surface area contributed by atoms with E-state index in [1.807, 2.05) is 0 Å². The first-order valence-electron chi connectivity index (χ1n) is 5.53. The molecule has 3 N–H and O–H groups in total. The number of carboxylic acid groups (broad SMARTS) is 1.